The van der Waals surface area contributed by atoms with Crippen LogP contribution in [0.5, 0.6) is 5.75 Å². The Morgan fingerprint density at radius 2 is 1.83 bits per heavy atom. The van der Waals surface area contributed by atoms with E-state index < -0.39 is 34.3 Å². The van der Waals surface area contributed by atoms with Crippen molar-refractivity contribution in [3.63, 3.8) is 0 Å². The van der Waals surface area contributed by atoms with Gasteiger partial charge in [0.25, 0.3) is 5.91 Å². The van der Waals surface area contributed by atoms with Crippen molar-refractivity contribution in [3.8, 4) is 5.75 Å². The van der Waals surface area contributed by atoms with Gasteiger partial charge < -0.3 is 14.5 Å². The molecule has 1 aromatic heterocycles. The van der Waals surface area contributed by atoms with Crippen LogP contribution in [0.3, 0.4) is 0 Å². The fraction of sp³-hybridized carbons (Fsp3) is 0.136. The van der Waals surface area contributed by atoms with Gasteiger partial charge in [-0.05, 0) is 11.6 Å². The lowest BCUT2D eigenvalue weighted by Crippen LogP contribution is -2.29. The number of ketones is 1. The highest BCUT2D eigenvalue weighted by atomic mass is 19.1. The van der Waals surface area contributed by atoms with E-state index in [4.69, 9.17) is 9.15 Å². The molecule has 0 saturated heterocycles. The minimum absolute atomic E-state index is 0.0161. The number of amides is 1. The minimum atomic E-state index is -0.855. The summed E-state index contributed by atoms with van der Waals surface area (Å²) in [5, 5.41) is 2.36. The van der Waals surface area contributed by atoms with Crippen molar-refractivity contribution >= 4 is 11.7 Å². The minimum Gasteiger partial charge on any atom is -0.481 e. The Labute approximate surface area is 170 Å². The molecule has 154 valence electrons. The van der Waals surface area contributed by atoms with E-state index >= 15 is 0 Å². The zero-order chi connectivity index (χ0) is 21.7. The van der Waals surface area contributed by atoms with Crippen molar-refractivity contribution in [1.29, 1.82) is 0 Å². The standard InChI is InChI=1S/C22H17F2NO5/c1-13(26)20-21(29-11-14-5-3-2-4-6-14)19(27)17(12-30-20)22(28)25-10-15-7-8-16(23)9-18(15)24/h2-9,12H,10-11H2,1H3,(H,25,28). The Hall–Kier alpha value is -3.81. The molecule has 1 N–H and O–H groups in total. The molecule has 2 aromatic carbocycles. The Balaban J connectivity index is 1.83. The molecular formula is C22H17F2NO5. The maximum absolute atomic E-state index is 13.7. The number of carbonyl (C=O) groups is 2. The molecular weight excluding hydrogens is 396 g/mol. The molecule has 1 heterocycles. The largest absolute Gasteiger partial charge is 0.481 e. The van der Waals surface area contributed by atoms with Crippen LogP contribution in [0.15, 0.2) is 64.0 Å². The third kappa shape index (κ3) is 4.78. The molecule has 0 fully saturated rings. The first-order chi connectivity index (χ1) is 14.4. The topological polar surface area (TPSA) is 85.6 Å². The summed E-state index contributed by atoms with van der Waals surface area (Å²) in [6.45, 7) is 0.904. The molecule has 6 nitrogen and oxygen atoms in total. The Morgan fingerprint density at radius 3 is 2.50 bits per heavy atom. The molecule has 0 aliphatic heterocycles. The predicted octanol–water partition coefficient (Wildman–Crippen LogP) is 3.63. The predicted molar refractivity (Wildman–Crippen MR) is 103 cm³/mol. The van der Waals surface area contributed by atoms with Crippen LogP contribution >= 0.6 is 0 Å². The van der Waals surface area contributed by atoms with Crippen LogP contribution in [0.2, 0.25) is 0 Å². The van der Waals surface area contributed by atoms with Gasteiger partial charge in [-0.15, -0.1) is 0 Å². The molecule has 3 aromatic rings. The third-order valence-electron chi connectivity index (χ3n) is 4.20. The number of rotatable bonds is 7. The second-order valence-electron chi connectivity index (χ2n) is 6.39. The first-order valence-corrected chi connectivity index (χ1v) is 8.92. The molecule has 0 saturated carbocycles. The first kappa shape index (κ1) is 20.9. The smallest absolute Gasteiger partial charge is 0.258 e. The van der Waals surface area contributed by atoms with Crippen molar-refractivity contribution in [3.05, 3.63) is 99.1 Å². The summed E-state index contributed by atoms with van der Waals surface area (Å²) in [6, 6.07) is 11.8. The van der Waals surface area contributed by atoms with Gasteiger partial charge in [-0.1, -0.05) is 36.4 Å². The van der Waals surface area contributed by atoms with E-state index in [1.165, 1.54) is 13.0 Å². The maximum Gasteiger partial charge on any atom is 0.258 e. The number of carbonyl (C=O) groups excluding carboxylic acids is 2. The van der Waals surface area contributed by atoms with Gasteiger partial charge in [-0.2, -0.15) is 0 Å². The highest BCUT2D eigenvalue weighted by Crippen LogP contribution is 2.18. The van der Waals surface area contributed by atoms with Crippen LogP contribution in [0.4, 0.5) is 8.78 Å². The zero-order valence-corrected chi connectivity index (χ0v) is 15.9. The Kier molecular flexibility index (Phi) is 6.36. The summed E-state index contributed by atoms with van der Waals surface area (Å²) in [6.07, 6.45) is 0.852. The summed E-state index contributed by atoms with van der Waals surface area (Å²) in [4.78, 5) is 37.0. The monoisotopic (exact) mass is 413 g/mol. The van der Waals surface area contributed by atoms with Crippen molar-refractivity contribution < 1.29 is 27.5 Å². The Bertz CT molecular complexity index is 1140. The molecule has 0 aliphatic rings. The van der Waals surface area contributed by atoms with Gasteiger partial charge in [0, 0.05) is 25.1 Å². The summed E-state index contributed by atoms with van der Waals surface area (Å²) in [5.74, 6) is -3.67. The zero-order valence-electron chi connectivity index (χ0n) is 15.9. The van der Waals surface area contributed by atoms with Gasteiger partial charge in [-0.25, -0.2) is 8.78 Å². The normalized spacial score (nSPS) is 10.5. The van der Waals surface area contributed by atoms with Crippen LogP contribution in [-0.4, -0.2) is 11.7 Å². The number of ether oxygens (including phenoxy) is 1. The number of hydrogen-bond acceptors (Lipinski definition) is 5. The van der Waals surface area contributed by atoms with Crippen LogP contribution in [0.25, 0.3) is 0 Å². The van der Waals surface area contributed by atoms with Gasteiger partial charge in [0.15, 0.2) is 5.78 Å². The lowest BCUT2D eigenvalue weighted by atomic mass is 10.1. The van der Waals surface area contributed by atoms with E-state index in [0.717, 1.165) is 17.9 Å². The molecule has 0 spiro atoms. The molecule has 30 heavy (non-hydrogen) atoms. The maximum atomic E-state index is 13.7. The summed E-state index contributed by atoms with van der Waals surface area (Å²) >= 11 is 0. The second-order valence-corrected chi connectivity index (χ2v) is 6.39. The van der Waals surface area contributed by atoms with Crippen molar-refractivity contribution in [2.75, 3.05) is 0 Å². The third-order valence-corrected chi connectivity index (χ3v) is 4.20. The van der Waals surface area contributed by atoms with Crippen LogP contribution in [-0.2, 0) is 13.2 Å². The van der Waals surface area contributed by atoms with E-state index in [2.05, 4.69) is 5.32 Å². The number of halogens is 2. The number of nitrogens with one attached hydrogen (secondary N) is 1. The van der Waals surface area contributed by atoms with E-state index in [1.807, 2.05) is 6.07 Å². The SMILES string of the molecule is CC(=O)c1occ(C(=O)NCc2ccc(F)cc2F)c(=O)c1OCc1ccccc1. The molecule has 0 aliphatic carbocycles. The molecule has 3 rings (SSSR count). The Morgan fingerprint density at radius 1 is 1.10 bits per heavy atom. The molecule has 1 amide bonds. The number of hydrogen-bond donors (Lipinski definition) is 1. The quantitative estimate of drug-likeness (QED) is 0.598. The van der Waals surface area contributed by atoms with Gasteiger partial charge in [0.1, 0.15) is 30.1 Å². The molecule has 0 bridgehead atoms. The first-order valence-electron chi connectivity index (χ1n) is 8.92. The van der Waals surface area contributed by atoms with Crippen molar-refractivity contribution in [2.24, 2.45) is 0 Å². The average Bonchev–Trinajstić information content (AvgIpc) is 2.72. The summed E-state index contributed by atoms with van der Waals surface area (Å²) < 4.78 is 37.4. The number of Topliss-reactive ketones (excluding diaryl/α,β-unsaturated/α-hetero) is 1. The van der Waals surface area contributed by atoms with E-state index in [1.54, 1.807) is 24.3 Å². The van der Waals surface area contributed by atoms with Crippen LogP contribution in [0, 0.1) is 11.6 Å². The second kappa shape index (κ2) is 9.13. The fourth-order valence-electron chi connectivity index (χ4n) is 2.65. The van der Waals surface area contributed by atoms with Crippen molar-refractivity contribution in [1.82, 2.24) is 5.32 Å². The van der Waals surface area contributed by atoms with E-state index in [-0.39, 0.29) is 30.2 Å². The summed E-state index contributed by atoms with van der Waals surface area (Å²) in [5.41, 5.74) is -0.465. The lowest BCUT2D eigenvalue weighted by molar-refractivity contribution is 0.0934. The van der Waals surface area contributed by atoms with Crippen LogP contribution < -0.4 is 15.5 Å². The van der Waals surface area contributed by atoms with Crippen LogP contribution in [0.1, 0.15) is 39.0 Å². The lowest BCUT2D eigenvalue weighted by Gasteiger charge is -2.11. The van der Waals surface area contributed by atoms with E-state index in [0.29, 0.717) is 6.07 Å². The molecule has 8 heteroatoms. The van der Waals surface area contributed by atoms with Gasteiger partial charge in [0.05, 0.1) is 0 Å². The molecule has 0 atom stereocenters. The molecule has 0 unspecified atom stereocenters. The van der Waals surface area contributed by atoms with Gasteiger partial charge >= 0.3 is 0 Å². The highest BCUT2D eigenvalue weighted by molar-refractivity contribution is 5.97. The van der Waals surface area contributed by atoms with E-state index in [9.17, 15) is 23.2 Å². The average molecular weight is 413 g/mol. The summed E-state index contributed by atoms with van der Waals surface area (Å²) in [7, 11) is 0. The number of benzene rings is 2. The van der Waals surface area contributed by atoms with Gasteiger partial charge in [-0.3, -0.25) is 14.4 Å². The fourth-order valence-corrected chi connectivity index (χ4v) is 2.65. The molecule has 0 radical (unpaired) electrons. The van der Waals surface area contributed by atoms with Crippen molar-refractivity contribution in [2.45, 2.75) is 20.1 Å². The van der Waals surface area contributed by atoms with Gasteiger partial charge in [0.2, 0.25) is 16.9 Å². The highest BCUT2D eigenvalue weighted by Gasteiger charge is 2.22.